The number of rotatable bonds is 5. The van der Waals surface area contributed by atoms with Crippen LogP contribution in [0.15, 0.2) is 30.3 Å². The molecule has 158 valence electrons. The van der Waals surface area contributed by atoms with Crippen molar-refractivity contribution in [2.24, 2.45) is 11.7 Å². The molecule has 1 aliphatic rings. The number of nitrogens with two attached hydrogens (primary N) is 1. The van der Waals surface area contributed by atoms with E-state index in [-0.39, 0.29) is 30.1 Å². The number of hydrogen-bond acceptors (Lipinski definition) is 3. The molecule has 0 bridgehead atoms. The van der Waals surface area contributed by atoms with E-state index < -0.39 is 0 Å². The van der Waals surface area contributed by atoms with Crippen LogP contribution in [-0.2, 0) is 4.79 Å². The van der Waals surface area contributed by atoms with Crippen LogP contribution in [0.2, 0.25) is 0 Å². The van der Waals surface area contributed by atoms with Gasteiger partial charge in [0.15, 0.2) is 0 Å². The number of nitrogens with zero attached hydrogens (tertiary/aromatic N) is 2. The maximum Gasteiger partial charge on any atom is 0.255 e. The third kappa shape index (κ3) is 5.00. The van der Waals surface area contributed by atoms with Crippen molar-refractivity contribution in [3.8, 4) is 5.69 Å². The molecule has 2 aromatic rings. The van der Waals surface area contributed by atoms with Gasteiger partial charge in [-0.05, 0) is 57.4 Å². The summed E-state index contributed by atoms with van der Waals surface area (Å²) in [5.41, 5.74) is 10.4. The fraction of sp³-hybridized carbons (Fsp3) is 0.455. The van der Waals surface area contributed by atoms with E-state index in [4.69, 9.17) is 5.73 Å². The smallest absolute Gasteiger partial charge is 0.255 e. The van der Waals surface area contributed by atoms with Gasteiger partial charge in [-0.15, -0.1) is 12.4 Å². The van der Waals surface area contributed by atoms with Crippen LogP contribution in [0.5, 0.6) is 0 Å². The van der Waals surface area contributed by atoms with Gasteiger partial charge in [-0.25, -0.2) is 0 Å². The fourth-order valence-electron chi connectivity index (χ4n) is 4.03. The van der Waals surface area contributed by atoms with Gasteiger partial charge in [0.25, 0.3) is 5.91 Å². The molecule has 7 heteroatoms. The summed E-state index contributed by atoms with van der Waals surface area (Å²) in [6.07, 6.45) is 1.64. The normalized spacial score (nSPS) is 16.3. The van der Waals surface area contributed by atoms with E-state index in [0.717, 1.165) is 29.9 Å². The Morgan fingerprint density at radius 1 is 1.21 bits per heavy atom. The number of aryl methyl sites for hydroxylation is 2. The van der Waals surface area contributed by atoms with E-state index >= 15 is 0 Å². The predicted molar refractivity (Wildman–Crippen MR) is 118 cm³/mol. The zero-order valence-corrected chi connectivity index (χ0v) is 18.2. The van der Waals surface area contributed by atoms with Crippen molar-refractivity contribution in [2.75, 3.05) is 26.2 Å². The highest BCUT2D eigenvalue weighted by Crippen LogP contribution is 2.25. The minimum Gasteiger partial charge on any atom is -0.355 e. The first-order valence-electron chi connectivity index (χ1n) is 9.95. The number of hydrogen-bond donors (Lipinski definition) is 2. The molecule has 1 fully saturated rings. The highest BCUT2D eigenvalue weighted by molar-refractivity contribution is 5.96. The van der Waals surface area contributed by atoms with Crippen LogP contribution >= 0.6 is 12.4 Å². The number of piperidine rings is 1. The second-order valence-corrected chi connectivity index (χ2v) is 7.63. The summed E-state index contributed by atoms with van der Waals surface area (Å²) in [6, 6.07) is 10.2. The van der Waals surface area contributed by atoms with E-state index in [1.54, 1.807) is 0 Å². The maximum absolute atomic E-state index is 13.2. The Morgan fingerprint density at radius 2 is 1.97 bits per heavy atom. The largest absolute Gasteiger partial charge is 0.355 e. The van der Waals surface area contributed by atoms with Gasteiger partial charge in [0.1, 0.15) is 0 Å². The first kappa shape index (κ1) is 23.0. The standard InChI is InChI=1S/C22H30N4O2.ClH/c1-15-6-4-8-19(12-15)26-16(2)13-20(17(26)3)22(28)25-11-5-7-18(14-25)21(27)24-10-9-23;/h4,6,8,12-13,18H,5,7,9-11,14,23H2,1-3H3,(H,24,27);1H. The Kier molecular flexibility index (Phi) is 7.88. The first-order valence-corrected chi connectivity index (χ1v) is 9.95. The van der Waals surface area contributed by atoms with Crippen LogP contribution in [0.4, 0.5) is 0 Å². The van der Waals surface area contributed by atoms with Crippen LogP contribution in [0.3, 0.4) is 0 Å². The lowest BCUT2D eigenvalue weighted by Gasteiger charge is -2.32. The molecule has 1 saturated heterocycles. The van der Waals surface area contributed by atoms with Crippen molar-refractivity contribution in [3.63, 3.8) is 0 Å². The van der Waals surface area contributed by atoms with E-state index in [1.807, 2.05) is 30.9 Å². The lowest BCUT2D eigenvalue weighted by molar-refractivity contribution is -0.126. The number of aromatic nitrogens is 1. The van der Waals surface area contributed by atoms with E-state index in [2.05, 4.69) is 35.0 Å². The van der Waals surface area contributed by atoms with Crippen molar-refractivity contribution >= 4 is 24.2 Å². The van der Waals surface area contributed by atoms with Crippen LogP contribution in [-0.4, -0.2) is 47.5 Å². The highest BCUT2D eigenvalue weighted by Gasteiger charge is 2.30. The Morgan fingerprint density at radius 3 is 2.66 bits per heavy atom. The second-order valence-electron chi connectivity index (χ2n) is 7.63. The summed E-state index contributed by atoms with van der Waals surface area (Å²) in [5.74, 6) is -0.166. The Labute approximate surface area is 178 Å². The molecular weight excluding hydrogens is 388 g/mol. The van der Waals surface area contributed by atoms with Crippen molar-refractivity contribution in [3.05, 3.63) is 52.8 Å². The molecule has 0 spiro atoms. The summed E-state index contributed by atoms with van der Waals surface area (Å²) in [5, 5.41) is 2.85. The highest BCUT2D eigenvalue weighted by atomic mass is 35.5. The van der Waals surface area contributed by atoms with E-state index in [0.29, 0.717) is 31.7 Å². The average Bonchev–Trinajstić information content (AvgIpc) is 2.99. The molecule has 1 atom stereocenters. The van der Waals surface area contributed by atoms with E-state index in [9.17, 15) is 9.59 Å². The van der Waals surface area contributed by atoms with Crippen molar-refractivity contribution in [2.45, 2.75) is 33.6 Å². The monoisotopic (exact) mass is 418 g/mol. The Hall–Kier alpha value is -2.31. The quantitative estimate of drug-likeness (QED) is 0.783. The number of likely N-dealkylation sites (tertiary alicyclic amines) is 1. The van der Waals surface area contributed by atoms with Crippen molar-refractivity contribution in [1.29, 1.82) is 0 Å². The number of carbonyl (C=O) groups excluding carboxylic acids is 2. The average molecular weight is 419 g/mol. The zero-order chi connectivity index (χ0) is 20.3. The molecule has 3 rings (SSSR count). The fourth-order valence-corrected chi connectivity index (χ4v) is 4.03. The zero-order valence-electron chi connectivity index (χ0n) is 17.4. The number of nitrogens with one attached hydrogen (secondary N) is 1. The maximum atomic E-state index is 13.2. The molecule has 1 aliphatic heterocycles. The third-order valence-electron chi connectivity index (χ3n) is 5.44. The molecule has 1 unspecified atom stereocenters. The summed E-state index contributed by atoms with van der Waals surface area (Å²) in [4.78, 5) is 27.3. The lowest BCUT2D eigenvalue weighted by atomic mass is 9.96. The van der Waals surface area contributed by atoms with Crippen LogP contribution in [0.25, 0.3) is 5.69 Å². The van der Waals surface area contributed by atoms with Gasteiger partial charge in [0, 0.05) is 43.3 Å². The first-order chi connectivity index (χ1) is 13.4. The minimum atomic E-state index is -0.162. The summed E-state index contributed by atoms with van der Waals surface area (Å²) in [7, 11) is 0. The van der Waals surface area contributed by atoms with Gasteiger partial charge in [0.05, 0.1) is 11.5 Å². The topological polar surface area (TPSA) is 80.4 Å². The molecular formula is C22H31ClN4O2. The predicted octanol–water partition coefficient (Wildman–Crippen LogP) is 2.75. The third-order valence-corrected chi connectivity index (χ3v) is 5.44. The second kappa shape index (κ2) is 9.94. The van der Waals surface area contributed by atoms with Crippen molar-refractivity contribution < 1.29 is 9.59 Å². The van der Waals surface area contributed by atoms with Crippen LogP contribution < -0.4 is 11.1 Å². The number of benzene rings is 1. The number of carbonyl (C=O) groups is 2. The molecule has 0 aliphatic carbocycles. The molecule has 6 nitrogen and oxygen atoms in total. The SMILES string of the molecule is Cc1cccc(-n2c(C)cc(C(=O)N3CCCC(C(=O)NCCN)C3)c2C)c1.Cl. The lowest BCUT2D eigenvalue weighted by Crippen LogP contribution is -2.46. The minimum absolute atomic E-state index is 0. The Balaban J connectivity index is 0.00000300. The molecule has 29 heavy (non-hydrogen) atoms. The van der Waals surface area contributed by atoms with E-state index in [1.165, 1.54) is 5.56 Å². The number of amides is 2. The van der Waals surface area contributed by atoms with Gasteiger partial charge in [-0.1, -0.05) is 12.1 Å². The van der Waals surface area contributed by atoms with Gasteiger partial charge < -0.3 is 20.5 Å². The molecule has 0 radical (unpaired) electrons. The van der Waals surface area contributed by atoms with Gasteiger partial charge in [-0.3, -0.25) is 9.59 Å². The molecule has 1 aromatic carbocycles. The van der Waals surface area contributed by atoms with Gasteiger partial charge in [0.2, 0.25) is 5.91 Å². The summed E-state index contributed by atoms with van der Waals surface area (Å²) >= 11 is 0. The van der Waals surface area contributed by atoms with Crippen LogP contribution in [0, 0.1) is 26.7 Å². The Bertz CT molecular complexity index is 878. The van der Waals surface area contributed by atoms with Crippen LogP contribution in [0.1, 0.15) is 40.2 Å². The molecule has 2 heterocycles. The molecule has 2 amide bonds. The molecule has 3 N–H and O–H groups in total. The summed E-state index contributed by atoms with van der Waals surface area (Å²) < 4.78 is 2.12. The summed E-state index contributed by atoms with van der Waals surface area (Å²) in [6.45, 7) is 8.11. The molecule has 0 saturated carbocycles. The molecule has 1 aromatic heterocycles. The van der Waals surface area contributed by atoms with Crippen molar-refractivity contribution in [1.82, 2.24) is 14.8 Å². The number of halogens is 1. The van der Waals surface area contributed by atoms with Gasteiger partial charge >= 0.3 is 0 Å². The van der Waals surface area contributed by atoms with Gasteiger partial charge in [-0.2, -0.15) is 0 Å².